The second-order valence-corrected chi connectivity index (χ2v) is 9.16. The second kappa shape index (κ2) is 9.72. The zero-order chi connectivity index (χ0) is 23.5. The van der Waals surface area contributed by atoms with Crippen LogP contribution < -0.4 is 10.6 Å². The molecular formula is C27H31N3O4. The first-order chi connectivity index (χ1) is 16.5. The third kappa shape index (κ3) is 4.93. The molecule has 2 aliphatic heterocycles. The van der Waals surface area contributed by atoms with Crippen molar-refractivity contribution in [2.24, 2.45) is 0 Å². The second-order valence-electron chi connectivity index (χ2n) is 9.16. The molecule has 34 heavy (non-hydrogen) atoms. The lowest BCUT2D eigenvalue weighted by atomic mass is 10.0. The monoisotopic (exact) mass is 461 g/mol. The van der Waals surface area contributed by atoms with E-state index in [1.54, 1.807) is 0 Å². The van der Waals surface area contributed by atoms with E-state index in [1.807, 2.05) is 62.4 Å². The summed E-state index contributed by atoms with van der Waals surface area (Å²) in [5.41, 5.74) is 3.21. The van der Waals surface area contributed by atoms with Crippen molar-refractivity contribution in [3.63, 3.8) is 0 Å². The van der Waals surface area contributed by atoms with Crippen molar-refractivity contribution in [3.8, 4) is 0 Å². The number of aliphatic hydroxyl groups is 1. The van der Waals surface area contributed by atoms with E-state index in [9.17, 15) is 5.11 Å². The topological polar surface area (TPSA) is 84.9 Å². The van der Waals surface area contributed by atoms with Crippen LogP contribution in [-0.4, -0.2) is 40.8 Å². The fourth-order valence-electron chi connectivity index (χ4n) is 4.59. The molecule has 0 saturated carbocycles. The van der Waals surface area contributed by atoms with Gasteiger partial charge in [0.1, 0.15) is 36.1 Å². The van der Waals surface area contributed by atoms with Crippen LogP contribution in [-0.2, 0) is 27.3 Å². The van der Waals surface area contributed by atoms with E-state index in [0.717, 1.165) is 22.8 Å². The lowest BCUT2D eigenvalue weighted by Gasteiger charge is -2.25. The highest BCUT2D eigenvalue weighted by Gasteiger charge is 2.55. The fourth-order valence-corrected chi connectivity index (χ4v) is 4.59. The third-order valence-electron chi connectivity index (χ3n) is 6.18. The van der Waals surface area contributed by atoms with Crippen LogP contribution in [0.2, 0.25) is 0 Å². The van der Waals surface area contributed by atoms with Crippen molar-refractivity contribution in [2.75, 3.05) is 17.2 Å². The number of benzene rings is 2. The Kier molecular flexibility index (Phi) is 6.52. The Hall–Kier alpha value is -2.97. The van der Waals surface area contributed by atoms with E-state index in [-0.39, 0.29) is 18.8 Å². The molecule has 2 aliphatic rings. The molecule has 3 heterocycles. The summed E-state index contributed by atoms with van der Waals surface area (Å²) < 4.78 is 18.5. The smallest absolute Gasteiger partial charge is 0.164 e. The van der Waals surface area contributed by atoms with Gasteiger partial charge < -0.3 is 30.0 Å². The van der Waals surface area contributed by atoms with E-state index in [0.29, 0.717) is 13.1 Å². The van der Waals surface area contributed by atoms with Gasteiger partial charge in [0.15, 0.2) is 5.79 Å². The lowest BCUT2D eigenvalue weighted by molar-refractivity contribution is -0.191. The molecule has 2 aromatic carbocycles. The summed E-state index contributed by atoms with van der Waals surface area (Å²) in [5.74, 6) is 0.755. The van der Waals surface area contributed by atoms with Gasteiger partial charge in [0.2, 0.25) is 0 Å². The molecule has 2 saturated heterocycles. The van der Waals surface area contributed by atoms with Crippen LogP contribution in [0.5, 0.6) is 0 Å². The lowest BCUT2D eigenvalue weighted by Crippen LogP contribution is -2.31. The number of ether oxygens (including phenoxy) is 3. The zero-order valence-electron chi connectivity index (χ0n) is 19.5. The van der Waals surface area contributed by atoms with Gasteiger partial charge in [-0.25, -0.2) is 4.98 Å². The van der Waals surface area contributed by atoms with Crippen molar-refractivity contribution < 1.29 is 19.3 Å². The summed E-state index contributed by atoms with van der Waals surface area (Å²) >= 11 is 0. The first kappa shape index (κ1) is 22.8. The first-order valence-corrected chi connectivity index (χ1v) is 11.7. The van der Waals surface area contributed by atoms with E-state index >= 15 is 0 Å². The molecule has 0 radical (unpaired) electrons. The van der Waals surface area contributed by atoms with Crippen LogP contribution in [0.25, 0.3) is 0 Å². The van der Waals surface area contributed by atoms with Crippen LogP contribution in [0.3, 0.4) is 0 Å². The molecule has 0 bridgehead atoms. The average Bonchev–Trinajstić information content (AvgIpc) is 3.35. The molecule has 5 rings (SSSR count). The van der Waals surface area contributed by atoms with Gasteiger partial charge in [0.25, 0.3) is 0 Å². The van der Waals surface area contributed by atoms with E-state index in [1.165, 1.54) is 5.56 Å². The molecule has 4 atom stereocenters. The van der Waals surface area contributed by atoms with Crippen molar-refractivity contribution in [1.29, 1.82) is 0 Å². The normalized spacial score (nSPS) is 25.1. The van der Waals surface area contributed by atoms with Gasteiger partial charge in [-0.05, 0) is 37.1 Å². The summed E-state index contributed by atoms with van der Waals surface area (Å²) in [5, 5.41) is 16.8. The van der Waals surface area contributed by atoms with Crippen LogP contribution in [0.15, 0.2) is 72.8 Å². The summed E-state index contributed by atoms with van der Waals surface area (Å²) in [7, 11) is 0. The number of fused-ring (bicyclic) bond motifs is 1. The van der Waals surface area contributed by atoms with Crippen LogP contribution in [0.1, 0.15) is 36.6 Å². The Morgan fingerprint density at radius 3 is 2.09 bits per heavy atom. The van der Waals surface area contributed by atoms with Crippen LogP contribution >= 0.6 is 0 Å². The fraction of sp³-hybridized carbons (Fsp3) is 0.370. The van der Waals surface area contributed by atoms with Gasteiger partial charge in [0, 0.05) is 18.7 Å². The highest BCUT2D eigenvalue weighted by molar-refractivity contribution is 5.53. The van der Waals surface area contributed by atoms with Gasteiger partial charge in [-0.1, -0.05) is 60.7 Å². The number of aromatic nitrogens is 1. The number of rotatable bonds is 8. The maximum absolute atomic E-state index is 9.89. The Morgan fingerprint density at radius 2 is 1.44 bits per heavy atom. The number of hydrogen-bond donors (Lipinski definition) is 3. The zero-order valence-corrected chi connectivity index (χ0v) is 19.5. The van der Waals surface area contributed by atoms with E-state index in [4.69, 9.17) is 19.2 Å². The largest absolute Gasteiger partial charge is 0.394 e. The van der Waals surface area contributed by atoms with Gasteiger partial charge in [-0.2, -0.15) is 0 Å². The quantitative estimate of drug-likeness (QED) is 0.462. The molecular weight excluding hydrogens is 430 g/mol. The SMILES string of the molecule is CC1(C)OC2C(CO)OC(c3ccc(NCc4ccccc4)nc3NCc3ccccc3)C2O1. The molecule has 178 valence electrons. The maximum atomic E-state index is 9.89. The number of aliphatic hydroxyl groups excluding tert-OH is 1. The van der Waals surface area contributed by atoms with E-state index in [2.05, 4.69) is 34.9 Å². The molecule has 3 aromatic rings. The Balaban J connectivity index is 1.42. The number of nitrogens with one attached hydrogen (secondary N) is 2. The summed E-state index contributed by atoms with van der Waals surface area (Å²) in [6, 6.07) is 24.4. The molecule has 3 N–H and O–H groups in total. The highest BCUT2D eigenvalue weighted by atomic mass is 16.8. The molecule has 4 unspecified atom stereocenters. The number of hydrogen-bond acceptors (Lipinski definition) is 7. The minimum absolute atomic E-state index is 0.131. The summed E-state index contributed by atoms with van der Waals surface area (Å²) in [6.45, 7) is 4.94. The van der Waals surface area contributed by atoms with Gasteiger partial charge in [0.05, 0.1) is 6.61 Å². The van der Waals surface area contributed by atoms with Gasteiger partial charge in [-0.15, -0.1) is 0 Å². The molecule has 7 heteroatoms. The Labute approximate surface area is 200 Å². The third-order valence-corrected chi connectivity index (χ3v) is 6.18. The summed E-state index contributed by atoms with van der Waals surface area (Å²) in [4.78, 5) is 4.89. The van der Waals surface area contributed by atoms with Crippen molar-refractivity contribution >= 4 is 11.6 Å². The van der Waals surface area contributed by atoms with Crippen LogP contribution in [0, 0.1) is 0 Å². The van der Waals surface area contributed by atoms with Crippen molar-refractivity contribution in [2.45, 2.75) is 57.1 Å². The molecule has 1 aromatic heterocycles. The molecule has 0 aliphatic carbocycles. The number of nitrogens with zero attached hydrogens (tertiary/aromatic N) is 1. The highest BCUT2D eigenvalue weighted by Crippen LogP contribution is 2.46. The number of pyridine rings is 1. The van der Waals surface area contributed by atoms with Crippen LogP contribution in [0.4, 0.5) is 11.6 Å². The minimum atomic E-state index is -0.729. The molecule has 0 amide bonds. The predicted octanol–water partition coefficient (Wildman–Crippen LogP) is 4.26. The predicted molar refractivity (Wildman–Crippen MR) is 130 cm³/mol. The van der Waals surface area contributed by atoms with Gasteiger partial charge >= 0.3 is 0 Å². The summed E-state index contributed by atoms with van der Waals surface area (Å²) in [6.07, 6.45) is -1.51. The Morgan fingerprint density at radius 1 is 0.824 bits per heavy atom. The minimum Gasteiger partial charge on any atom is -0.394 e. The van der Waals surface area contributed by atoms with E-state index < -0.39 is 18.0 Å². The average molecular weight is 462 g/mol. The maximum Gasteiger partial charge on any atom is 0.164 e. The van der Waals surface area contributed by atoms with Crippen molar-refractivity contribution in [3.05, 3.63) is 89.5 Å². The Bertz CT molecular complexity index is 1090. The molecule has 0 spiro atoms. The number of anilines is 2. The standard InChI is InChI=1S/C27H31N3O4/c1-27(2)33-24-21(17-31)32-23(25(24)34-27)20-13-14-22(28-15-18-9-5-3-6-10-18)30-26(20)29-16-19-11-7-4-8-12-19/h3-14,21,23-25,31H,15-17H2,1-2H3,(H2,28,29,30). The molecule has 7 nitrogen and oxygen atoms in total. The van der Waals surface area contributed by atoms with Gasteiger partial charge in [-0.3, -0.25) is 0 Å². The van der Waals surface area contributed by atoms with Crippen molar-refractivity contribution in [1.82, 2.24) is 4.98 Å². The first-order valence-electron chi connectivity index (χ1n) is 11.7. The molecule has 2 fully saturated rings.